The van der Waals surface area contributed by atoms with E-state index in [1.54, 1.807) is 12.1 Å². The predicted molar refractivity (Wildman–Crippen MR) is 137 cm³/mol. The monoisotopic (exact) mass is 467 g/mol. The maximum absolute atomic E-state index is 13.3. The Morgan fingerprint density at radius 1 is 0.800 bits per heavy atom. The second-order valence-electron chi connectivity index (χ2n) is 8.95. The zero-order chi connectivity index (χ0) is 24.4. The lowest BCUT2D eigenvalue weighted by atomic mass is 9.95. The SMILES string of the molecule is Cc1ccc(Nc2nc(C)cc(Nc3ccc(NC(=O)C4(c5ccc(F)cc5)CC4)cc3)n2)cc1. The Hall–Kier alpha value is -4.26. The number of carbonyl (C=O) groups excluding carboxylic acids is 1. The normalized spacial score (nSPS) is 13.7. The molecule has 35 heavy (non-hydrogen) atoms. The molecule has 3 N–H and O–H groups in total. The summed E-state index contributed by atoms with van der Waals surface area (Å²) in [6.07, 6.45) is 1.52. The second-order valence-corrected chi connectivity index (χ2v) is 8.95. The Bertz CT molecular complexity index is 1350. The number of aryl methyl sites for hydroxylation is 2. The first-order valence-electron chi connectivity index (χ1n) is 11.5. The maximum atomic E-state index is 13.3. The van der Waals surface area contributed by atoms with Crippen molar-refractivity contribution in [3.8, 4) is 0 Å². The van der Waals surface area contributed by atoms with Crippen LogP contribution in [0.2, 0.25) is 0 Å². The summed E-state index contributed by atoms with van der Waals surface area (Å²) in [7, 11) is 0. The minimum Gasteiger partial charge on any atom is -0.340 e. The number of carbonyl (C=O) groups is 1. The van der Waals surface area contributed by atoms with Crippen molar-refractivity contribution < 1.29 is 9.18 Å². The molecule has 1 fully saturated rings. The maximum Gasteiger partial charge on any atom is 0.235 e. The molecule has 1 heterocycles. The topological polar surface area (TPSA) is 78.9 Å². The van der Waals surface area contributed by atoms with Crippen molar-refractivity contribution >= 4 is 34.7 Å². The fourth-order valence-corrected chi connectivity index (χ4v) is 4.03. The van der Waals surface area contributed by atoms with Gasteiger partial charge in [0.15, 0.2) is 0 Å². The summed E-state index contributed by atoms with van der Waals surface area (Å²) in [5, 5.41) is 9.53. The highest BCUT2D eigenvalue weighted by atomic mass is 19.1. The van der Waals surface area contributed by atoms with Crippen molar-refractivity contribution in [1.82, 2.24) is 9.97 Å². The molecule has 0 radical (unpaired) electrons. The van der Waals surface area contributed by atoms with Gasteiger partial charge >= 0.3 is 0 Å². The molecular weight excluding hydrogens is 441 g/mol. The van der Waals surface area contributed by atoms with Gasteiger partial charge in [0.2, 0.25) is 11.9 Å². The highest BCUT2D eigenvalue weighted by Gasteiger charge is 2.51. The smallest absolute Gasteiger partial charge is 0.235 e. The van der Waals surface area contributed by atoms with Crippen LogP contribution >= 0.6 is 0 Å². The van der Waals surface area contributed by atoms with Gasteiger partial charge in [0, 0.05) is 28.8 Å². The summed E-state index contributed by atoms with van der Waals surface area (Å²) in [5.41, 5.74) is 4.76. The van der Waals surface area contributed by atoms with Crippen molar-refractivity contribution in [1.29, 1.82) is 0 Å². The van der Waals surface area contributed by atoms with Crippen molar-refractivity contribution in [2.75, 3.05) is 16.0 Å². The second kappa shape index (κ2) is 9.18. The number of anilines is 5. The van der Waals surface area contributed by atoms with Crippen LogP contribution in [0.3, 0.4) is 0 Å². The minimum absolute atomic E-state index is 0.0666. The molecule has 1 aromatic heterocycles. The molecule has 176 valence electrons. The zero-order valence-corrected chi connectivity index (χ0v) is 19.6. The molecule has 3 aromatic carbocycles. The molecule has 1 aliphatic carbocycles. The Labute approximate surface area is 203 Å². The largest absolute Gasteiger partial charge is 0.340 e. The van der Waals surface area contributed by atoms with Crippen LogP contribution in [-0.4, -0.2) is 15.9 Å². The average Bonchev–Trinajstić information content (AvgIpc) is 3.64. The van der Waals surface area contributed by atoms with Gasteiger partial charge in [-0.15, -0.1) is 0 Å². The lowest BCUT2D eigenvalue weighted by Gasteiger charge is -2.16. The molecule has 6 nitrogen and oxygen atoms in total. The fraction of sp³-hybridized carbons (Fsp3) is 0.179. The van der Waals surface area contributed by atoms with Crippen LogP contribution in [0.25, 0.3) is 0 Å². The Morgan fingerprint density at radius 2 is 1.40 bits per heavy atom. The summed E-state index contributed by atoms with van der Waals surface area (Å²) < 4.78 is 13.3. The molecule has 4 aromatic rings. The van der Waals surface area contributed by atoms with Gasteiger partial charge in [0.25, 0.3) is 0 Å². The summed E-state index contributed by atoms with van der Waals surface area (Å²) in [5.74, 6) is 0.806. The first-order valence-corrected chi connectivity index (χ1v) is 11.5. The summed E-state index contributed by atoms with van der Waals surface area (Å²) in [4.78, 5) is 22.0. The van der Waals surface area contributed by atoms with Crippen LogP contribution in [0.4, 0.5) is 33.2 Å². The molecule has 0 aliphatic heterocycles. The molecule has 1 saturated carbocycles. The lowest BCUT2D eigenvalue weighted by molar-refractivity contribution is -0.118. The summed E-state index contributed by atoms with van der Waals surface area (Å²) in [6.45, 7) is 3.96. The minimum atomic E-state index is -0.566. The Balaban J connectivity index is 1.25. The third kappa shape index (κ3) is 5.14. The standard InChI is InChI=1S/C28H26FN5O/c1-18-3-9-24(10-4-18)33-27-30-19(2)17-25(34-27)31-22-11-13-23(14-12-22)32-26(35)28(15-16-28)20-5-7-21(29)8-6-20/h3-14,17H,15-16H2,1-2H3,(H,32,35)(H2,30,31,33,34). The van der Waals surface area contributed by atoms with Crippen molar-refractivity contribution in [3.63, 3.8) is 0 Å². The number of hydrogen-bond donors (Lipinski definition) is 3. The summed E-state index contributed by atoms with van der Waals surface area (Å²) >= 11 is 0. The van der Waals surface area contributed by atoms with Gasteiger partial charge in [0.05, 0.1) is 5.41 Å². The van der Waals surface area contributed by atoms with E-state index in [0.29, 0.717) is 17.5 Å². The zero-order valence-electron chi connectivity index (χ0n) is 19.6. The molecule has 0 saturated heterocycles. The molecule has 1 amide bonds. The number of aromatic nitrogens is 2. The number of nitrogens with zero attached hydrogens (tertiary/aromatic N) is 2. The number of halogens is 1. The molecule has 5 rings (SSSR count). The Morgan fingerprint density at radius 3 is 2.06 bits per heavy atom. The van der Waals surface area contributed by atoms with E-state index >= 15 is 0 Å². The molecule has 0 unspecified atom stereocenters. The van der Waals surface area contributed by atoms with E-state index in [1.807, 2.05) is 68.4 Å². The number of hydrogen-bond acceptors (Lipinski definition) is 5. The Kier molecular flexibility index (Phi) is 5.91. The number of nitrogens with one attached hydrogen (secondary N) is 3. The molecular formula is C28H26FN5O. The van der Waals surface area contributed by atoms with E-state index in [2.05, 4.69) is 25.9 Å². The molecule has 1 aliphatic rings. The van der Waals surface area contributed by atoms with Gasteiger partial charge in [-0.25, -0.2) is 9.37 Å². The van der Waals surface area contributed by atoms with Crippen LogP contribution in [0.1, 0.15) is 29.7 Å². The van der Waals surface area contributed by atoms with Gasteiger partial charge in [-0.3, -0.25) is 4.79 Å². The van der Waals surface area contributed by atoms with E-state index in [9.17, 15) is 9.18 Å². The van der Waals surface area contributed by atoms with Crippen LogP contribution in [0.5, 0.6) is 0 Å². The lowest BCUT2D eigenvalue weighted by Crippen LogP contribution is -2.27. The molecule has 0 spiro atoms. The highest BCUT2D eigenvalue weighted by Crippen LogP contribution is 2.49. The predicted octanol–water partition coefficient (Wildman–Crippen LogP) is 6.39. The van der Waals surface area contributed by atoms with Crippen LogP contribution < -0.4 is 16.0 Å². The quantitative estimate of drug-likeness (QED) is 0.294. The van der Waals surface area contributed by atoms with Crippen LogP contribution in [0.15, 0.2) is 78.9 Å². The highest BCUT2D eigenvalue weighted by molar-refractivity contribution is 6.01. The van der Waals surface area contributed by atoms with Crippen LogP contribution in [0, 0.1) is 19.7 Å². The van der Waals surface area contributed by atoms with E-state index < -0.39 is 5.41 Å². The average molecular weight is 468 g/mol. The van der Waals surface area contributed by atoms with Crippen LogP contribution in [-0.2, 0) is 10.2 Å². The first-order chi connectivity index (χ1) is 16.9. The van der Waals surface area contributed by atoms with E-state index in [-0.39, 0.29) is 11.7 Å². The van der Waals surface area contributed by atoms with E-state index in [4.69, 9.17) is 0 Å². The third-order valence-corrected chi connectivity index (χ3v) is 6.16. The summed E-state index contributed by atoms with van der Waals surface area (Å²) in [6, 6.07) is 23.6. The first kappa shape index (κ1) is 22.5. The van der Waals surface area contributed by atoms with E-state index in [0.717, 1.165) is 35.5 Å². The fourth-order valence-electron chi connectivity index (χ4n) is 4.03. The van der Waals surface area contributed by atoms with Gasteiger partial charge in [0.1, 0.15) is 11.6 Å². The van der Waals surface area contributed by atoms with Crippen molar-refractivity contribution in [2.45, 2.75) is 32.1 Å². The van der Waals surface area contributed by atoms with Gasteiger partial charge in [-0.2, -0.15) is 4.98 Å². The molecule has 0 bridgehead atoms. The van der Waals surface area contributed by atoms with E-state index in [1.165, 1.54) is 17.7 Å². The molecule has 7 heteroatoms. The number of amides is 1. The van der Waals surface area contributed by atoms with Gasteiger partial charge in [-0.05, 0) is 80.8 Å². The van der Waals surface area contributed by atoms with Crippen molar-refractivity contribution in [2.24, 2.45) is 0 Å². The van der Waals surface area contributed by atoms with Crippen molar-refractivity contribution in [3.05, 3.63) is 102 Å². The molecule has 0 atom stereocenters. The number of rotatable bonds is 7. The van der Waals surface area contributed by atoms with Gasteiger partial charge in [-0.1, -0.05) is 29.8 Å². The third-order valence-electron chi connectivity index (χ3n) is 6.16. The van der Waals surface area contributed by atoms with Gasteiger partial charge < -0.3 is 16.0 Å². The number of benzene rings is 3.